The van der Waals surface area contributed by atoms with Crippen LogP contribution >= 0.6 is 11.6 Å². The van der Waals surface area contributed by atoms with Crippen molar-refractivity contribution in [3.63, 3.8) is 0 Å². The first-order valence-electron chi connectivity index (χ1n) is 12.5. The topological polar surface area (TPSA) is 66.9 Å². The molecule has 2 aliphatic rings. The van der Waals surface area contributed by atoms with Gasteiger partial charge in [0.15, 0.2) is 0 Å². The molecule has 6 nitrogen and oxygen atoms in total. The van der Waals surface area contributed by atoms with Gasteiger partial charge in [-0.2, -0.15) is 0 Å². The largest absolute Gasteiger partial charge is 0.466 e. The van der Waals surface area contributed by atoms with Crippen LogP contribution in [-0.4, -0.2) is 53.8 Å². The summed E-state index contributed by atoms with van der Waals surface area (Å²) in [6, 6.07) is 15.0. The predicted octanol–water partition coefficient (Wildman–Crippen LogP) is 5.04. The highest BCUT2D eigenvalue weighted by atomic mass is 35.5. The van der Waals surface area contributed by atoms with E-state index in [9.17, 15) is 14.4 Å². The minimum absolute atomic E-state index is 0.0237. The van der Waals surface area contributed by atoms with E-state index in [0.717, 1.165) is 24.0 Å². The standard InChI is InChI=1S/C28H33ClN2O4/c1-3-35-28(34)23-8-5-15-30(17-23)26(32)22-11-14-25(21-7-4-6-19(2)16-21)31(18-22)27(33)20-9-12-24(29)13-10-20/h4,6-7,9-10,12-13,16,22-23,25H,3,5,8,11,14-15,17-18H2,1-2H3/t22-,23+,25+/m0/s1. The third-order valence-corrected chi connectivity index (χ3v) is 7.32. The highest BCUT2D eigenvalue weighted by Gasteiger charge is 2.39. The molecule has 0 bridgehead atoms. The van der Waals surface area contributed by atoms with E-state index >= 15 is 0 Å². The Morgan fingerprint density at radius 2 is 1.77 bits per heavy atom. The zero-order valence-electron chi connectivity index (χ0n) is 20.4. The molecule has 186 valence electrons. The lowest BCUT2D eigenvalue weighted by Gasteiger charge is -2.42. The van der Waals surface area contributed by atoms with Crippen molar-refractivity contribution in [3.8, 4) is 0 Å². The number of benzene rings is 2. The lowest BCUT2D eigenvalue weighted by atomic mass is 9.86. The second-order valence-corrected chi connectivity index (χ2v) is 9.98. The van der Waals surface area contributed by atoms with Crippen LogP contribution in [0.25, 0.3) is 0 Å². The lowest BCUT2D eigenvalue weighted by molar-refractivity contribution is -0.152. The normalized spacial score (nSPS) is 22.5. The predicted molar refractivity (Wildman–Crippen MR) is 135 cm³/mol. The summed E-state index contributed by atoms with van der Waals surface area (Å²) < 4.78 is 5.19. The number of likely N-dealkylation sites (tertiary alicyclic amines) is 2. The number of halogens is 1. The molecule has 0 unspecified atom stereocenters. The number of carbonyl (C=O) groups is 3. The molecule has 2 fully saturated rings. The van der Waals surface area contributed by atoms with Crippen molar-refractivity contribution in [1.82, 2.24) is 9.80 Å². The molecular formula is C28H33ClN2O4. The second-order valence-electron chi connectivity index (χ2n) is 9.54. The molecule has 2 aromatic carbocycles. The van der Waals surface area contributed by atoms with Gasteiger partial charge in [-0.15, -0.1) is 0 Å². The average molecular weight is 497 g/mol. The third kappa shape index (κ3) is 5.87. The molecule has 2 aliphatic heterocycles. The van der Waals surface area contributed by atoms with Crippen LogP contribution in [0.2, 0.25) is 5.02 Å². The fourth-order valence-corrected chi connectivity index (χ4v) is 5.39. The van der Waals surface area contributed by atoms with Gasteiger partial charge in [0.05, 0.1) is 24.5 Å². The van der Waals surface area contributed by atoms with Crippen molar-refractivity contribution in [3.05, 3.63) is 70.2 Å². The third-order valence-electron chi connectivity index (χ3n) is 7.06. The monoisotopic (exact) mass is 496 g/mol. The molecule has 7 heteroatoms. The van der Waals surface area contributed by atoms with Gasteiger partial charge in [0, 0.05) is 30.2 Å². The number of esters is 1. The number of rotatable bonds is 5. The number of hydrogen-bond acceptors (Lipinski definition) is 4. The van der Waals surface area contributed by atoms with Crippen LogP contribution in [0.15, 0.2) is 48.5 Å². The van der Waals surface area contributed by atoms with Crippen molar-refractivity contribution >= 4 is 29.4 Å². The Morgan fingerprint density at radius 3 is 2.49 bits per heavy atom. The van der Waals surface area contributed by atoms with Crippen LogP contribution in [0.5, 0.6) is 0 Å². The summed E-state index contributed by atoms with van der Waals surface area (Å²) >= 11 is 6.04. The summed E-state index contributed by atoms with van der Waals surface area (Å²) in [5.74, 6) is -0.881. The van der Waals surface area contributed by atoms with Crippen molar-refractivity contribution in [2.75, 3.05) is 26.2 Å². The van der Waals surface area contributed by atoms with Gasteiger partial charge in [0.1, 0.15) is 0 Å². The van der Waals surface area contributed by atoms with Gasteiger partial charge in [-0.25, -0.2) is 0 Å². The van der Waals surface area contributed by atoms with E-state index < -0.39 is 0 Å². The van der Waals surface area contributed by atoms with E-state index in [1.54, 1.807) is 36.1 Å². The van der Waals surface area contributed by atoms with Crippen LogP contribution < -0.4 is 0 Å². The first-order valence-corrected chi connectivity index (χ1v) is 12.8. The molecule has 0 saturated carbocycles. The molecule has 0 spiro atoms. The fourth-order valence-electron chi connectivity index (χ4n) is 5.27. The Labute approximate surface area is 212 Å². The van der Waals surface area contributed by atoms with Crippen molar-refractivity contribution in [1.29, 1.82) is 0 Å². The summed E-state index contributed by atoms with van der Waals surface area (Å²) in [5.41, 5.74) is 2.77. The van der Waals surface area contributed by atoms with Crippen molar-refractivity contribution in [2.24, 2.45) is 11.8 Å². The summed E-state index contributed by atoms with van der Waals surface area (Å²) in [5, 5.41) is 0.574. The van der Waals surface area contributed by atoms with Crippen LogP contribution in [0.1, 0.15) is 60.1 Å². The van der Waals surface area contributed by atoms with Crippen LogP contribution in [0, 0.1) is 18.8 Å². The maximum atomic E-state index is 13.6. The molecule has 0 N–H and O–H groups in total. The van der Waals surface area contributed by atoms with E-state index in [4.69, 9.17) is 16.3 Å². The first-order chi connectivity index (χ1) is 16.9. The van der Waals surface area contributed by atoms with E-state index in [0.29, 0.717) is 49.7 Å². The minimum Gasteiger partial charge on any atom is -0.466 e. The number of piperidine rings is 2. The van der Waals surface area contributed by atoms with Crippen molar-refractivity contribution in [2.45, 2.75) is 45.6 Å². The van der Waals surface area contributed by atoms with Gasteiger partial charge in [0.2, 0.25) is 5.91 Å². The number of ether oxygens (including phenoxy) is 1. The van der Waals surface area contributed by atoms with Gasteiger partial charge in [0.25, 0.3) is 5.91 Å². The molecule has 0 aromatic heterocycles. The number of nitrogens with zero attached hydrogens (tertiary/aromatic N) is 2. The highest BCUT2D eigenvalue weighted by Crippen LogP contribution is 2.36. The minimum atomic E-state index is -0.298. The van der Waals surface area contributed by atoms with Gasteiger partial charge < -0.3 is 14.5 Å². The molecule has 35 heavy (non-hydrogen) atoms. The van der Waals surface area contributed by atoms with Crippen molar-refractivity contribution < 1.29 is 19.1 Å². The second kappa shape index (κ2) is 11.3. The van der Waals surface area contributed by atoms with Gasteiger partial charge in [-0.3, -0.25) is 14.4 Å². The number of hydrogen-bond donors (Lipinski definition) is 0. The summed E-state index contributed by atoms with van der Waals surface area (Å²) in [7, 11) is 0. The SMILES string of the molecule is CCOC(=O)[C@@H]1CCCN(C(=O)[C@H]2CC[C@H](c3cccc(C)c3)N(C(=O)c3ccc(Cl)cc3)C2)C1. The quantitative estimate of drug-likeness (QED) is 0.544. The average Bonchev–Trinajstić information content (AvgIpc) is 2.88. The summed E-state index contributed by atoms with van der Waals surface area (Å²) in [4.78, 5) is 43.1. The maximum absolute atomic E-state index is 13.6. The van der Waals surface area contributed by atoms with E-state index in [2.05, 4.69) is 12.1 Å². The molecule has 3 atom stereocenters. The fraction of sp³-hybridized carbons (Fsp3) is 0.464. The van der Waals surface area contributed by atoms with Crippen LogP contribution in [0.3, 0.4) is 0 Å². The van der Waals surface area contributed by atoms with E-state index in [-0.39, 0.29) is 35.7 Å². The highest BCUT2D eigenvalue weighted by molar-refractivity contribution is 6.30. The Morgan fingerprint density at radius 1 is 1.00 bits per heavy atom. The van der Waals surface area contributed by atoms with Gasteiger partial charge in [-0.1, -0.05) is 41.4 Å². The molecule has 0 radical (unpaired) electrons. The molecule has 2 heterocycles. The zero-order chi connectivity index (χ0) is 24.9. The molecule has 4 rings (SSSR count). The van der Waals surface area contributed by atoms with Crippen LogP contribution in [-0.2, 0) is 14.3 Å². The summed E-state index contributed by atoms with van der Waals surface area (Å²) in [6.07, 6.45) is 2.92. The molecule has 2 saturated heterocycles. The van der Waals surface area contributed by atoms with E-state index in [1.165, 1.54) is 0 Å². The molecule has 2 aromatic rings. The Bertz CT molecular complexity index is 1070. The van der Waals surface area contributed by atoms with Gasteiger partial charge >= 0.3 is 5.97 Å². The van der Waals surface area contributed by atoms with Crippen LogP contribution in [0.4, 0.5) is 0 Å². The Hall–Kier alpha value is -2.86. The maximum Gasteiger partial charge on any atom is 0.310 e. The number of carbonyl (C=O) groups excluding carboxylic acids is 3. The smallest absolute Gasteiger partial charge is 0.310 e. The number of aryl methyl sites for hydroxylation is 1. The lowest BCUT2D eigenvalue weighted by Crippen LogP contribution is -2.50. The van der Waals surface area contributed by atoms with Gasteiger partial charge in [-0.05, 0) is 69.4 Å². The molecule has 2 amide bonds. The van der Waals surface area contributed by atoms with E-state index in [1.807, 2.05) is 24.0 Å². The molecular weight excluding hydrogens is 464 g/mol. The zero-order valence-corrected chi connectivity index (χ0v) is 21.2. The Balaban J connectivity index is 1.55. The Kier molecular flexibility index (Phi) is 8.11. The summed E-state index contributed by atoms with van der Waals surface area (Å²) in [6.45, 7) is 5.55. The molecule has 0 aliphatic carbocycles. The number of amides is 2. The first kappa shape index (κ1) is 25.2.